The van der Waals surface area contributed by atoms with Gasteiger partial charge >= 0.3 is 0 Å². The molecule has 3 aromatic heterocycles. The Bertz CT molecular complexity index is 1170. The van der Waals surface area contributed by atoms with E-state index in [1.807, 2.05) is 6.07 Å². The van der Waals surface area contributed by atoms with E-state index in [0.717, 1.165) is 24.8 Å². The summed E-state index contributed by atoms with van der Waals surface area (Å²) in [6.45, 7) is 0. The third kappa shape index (κ3) is 2.81. The van der Waals surface area contributed by atoms with Gasteiger partial charge in [0, 0.05) is 28.9 Å². The van der Waals surface area contributed by atoms with Crippen LogP contribution in [0, 0.1) is 0 Å². The van der Waals surface area contributed by atoms with E-state index in [2.05, 4.69) is 27.3 Å². The molecule has 0 amide bonds. The topological polar surface area (TPSA) is 82.2 Å². The highest BCUT2D eigenvalue weighted by atomic mass is 35.5. The highest BCUT2D eigenvalue weighted by Crippen LogP contribution is 2.33. The number of rotatable bonds is 2. The minimum Gasteiger partial charge on any atom is -0.334 e. The first-order valence-corrected chi connectivity index (χ1v) is 9.42. The van der Waals surface area contributed by atoms with Crippen LogP contribution in [0.3, 0.4) is 0 Å². The fraction of sp³-hybridized carbons (Fsp3) is 0.211. The molecule has 1 aliphatic carbocycles. The molecule has 6 nitrogen and oxygen atoms in total. The molecule has 0 fully saturated rings. The monoisotopic (exact) mass is 399 g/mol. The molecule has 4 aromatic rings. The summed E-state index contributed by atoms with van der Waals surface area (Å²) in [5.74, 6) is 0.811. The van der Waals surface area contributed by atoms with Gasteiger partial charge in [0.05, 0.1) is 0 Å². The lowest BCUT2D eigenvalue weighted by molar-refractivity contribution is 0.432. The lowest BCUT2D eigenvalue weighted by atomic mass is 9.87. The lowest BCUT2D eigenvalue weighted by Gasteiger charge is -2.22. The zero-order valence-electron chi connectivity index (χ0n) is 14.2. The number of fused-ring (bicyclic) bond motifs is 2. The van der Waals surface area contributed by atoms with Crippen LogP contribution >= 0.6 is 23.2 Å². The van der Waals surface area contributed by atoms with Gasteiger partial charge in [-0.2, -0.15) is 4.98 Å². The van der Waals surface area contributed by atoms with Crippen LogP contribution in [-0.2, 0) is 6.42 Å². The second-order valence-electron chi connectivity index (χ2n) is 6.66. The molecule has 0 aliphatic heterocycles. The van der Waals surface area contributed by atoms with Crippen LogP contribution in [0.4, 0.5) is 0 Å². The van der Waals surface area contributed by atoms with Crippen LogP contribution < -0.4 is 5.73 Å². The predicted octanol–water partition coefficient (Wildman–Crippen LogP) is 4.69. The average molecular weight is 400 g/mol. The Morgan fingerprint density at radius 2 is 2.04 bits per heavy atom. The van der Waals surface area contributed by atoms with Crippen molar-refractivity contribution in [3.05, 3.63) is 57.8 Å². The number of hydrogen-bond donors (Lipinski definition) is 1. The van der Waals surface area contributed by atoms with E-state index >= 15 is 0 Å². The molecule has 27 heavy (non-hydrogen) atoms. The molecule has 5 rings (SSSR count). The largest absolute Gasteiger partial charge is 0.334 e. The second-order valence-corrected chi connectivity index (χ2v) is 7.45. The maximum Gasteiger partial charge on any atom is 0.258 e. The Morgan fingerprint density at radius 1 is 1.15 bits per heavy atom. The smallest absolute Gasteiger partial charge is 0.258 e. The van der Waals surface area contributed by atoms with Gasteiger partial charge in [-0.15, -0.1) is 0 Å². The normalized spacial score (nSPS) is 16.6. The Labute approximate surface area is 164 Å². The summed E-state index contributed by atoms with van der Waals surface area (Å²) in [4.78, 5) is 8.84. The molecule has 8 heteroatoms. The summed E-state index contributed by atoms with van der Waals surface area (Å²) in [5.41, 5.74) is 10.7. The van der Waals surface area contributed by atoms with Gasteiger partial charge in [0.1, 0.15) is 11.3 Å². The first-order valence-electron chi connectivity index (χ1n) is 8.66. The van der Waals surface area contributed by atoms with E-state index in [9.17, 15) is 0 Å². The SMILES string of the molecule is NC1CCCc2cc(-c3nc(-c4c(Cl)nc5cc(Cl)ccn45)no3)ccc21. The van der Waals surface area contributed by atoms with Gasteiger partial charge in [0.15, 0.2) is 5.15 Å². The zero-order valence-corrected chi connectivity index (χ0v) is 15.7. The van der Waals surface area contributed by atoms with Crippen LogP contribution in [0.25, 0.3) is 28.6 Å². The maximum atomic E-state index is 6.31. The summed E-state index contributed by atoms with van der Waals surface area (Å²) >= 11 is 12.3. The molecule has 0 saturated heterocycles. The van der Waals surface area contributed by atoms with Crippen LogP contribution in [0.1, 0.15) is 30.0 Å². The molecular weight excluding hydrogens is 385 g/mol. The van der Waals surface area contributed by atoms with E-state index < -0.39 is 0 Å². The summed E-state index contributed by atoms with van der Waals surface area (Å²) in [6, 6.07) is 9.69. The minimum absolute atomic E-state index is 0.102. The Hall–Kier alpha value is -2.41. The predicted molar refractivity (Wildman–Crippen MR) is 104 cm³/mol. The molecule has 3 heterocycles. The molecule has 0 saturated carbocycles. The van der Waals surface area contributed by atoms with E-state index in [-0.39, 0.29) is 6.04 Å². The molecule has 1 atom stereocenters. The van der Waals surface area contributed by atoms with Crippen molar-refractivity contribution in [2.75, 3.05) is 0 Å². The Balaban J connectivity index is 1.57. The number of nitrogens with two attached hydrogens (primary N) is 1. The average Bonchev–Trinajstić information content (AvgIpc) is 3.25. The van der Waals surface area contributed by atoms with Gasteiger partial charge in [0.25, 0.3) is 5.89 Å². The van der Waals surface area contributed by atoms with E-state index in [0.29, 0.717) is 33.2 Å². The maximum absolute atomic E-state index is 6.31. The van der Waals surface area contributed by atoms with Crippen molar-refractivity contribution >= 4 is 28.8 Å². The van der Waals surface area contributed by atoms with Crippen molar-refractivity contribution in [1.29, 1.82) is 0 Å². The van der Waals surface area contributed by atoms with Crippen LogP contribution in [0.5, 0.6) is 0 Å². The molecule has 1 aliphatic rings. The number of hydrogen-bond acceptors (Lipinski definition) is 5. The van der Waals surface area contributed by atoms with E-state index in [1.165, 1.54) is 11.1 Å². The molecular formula is C19H15Cl2N5O. The standard InChI is InChI=1S/C19H15Cl2N5O/c20-12-6-7-26-15(9-12)23-17(21)16(26)18-24-19(27-25-18)11-4-5-13-10(8-11)2-1-3-14(13)22/h4-9,14H,1-3,22H2. The summed E-state index contributed by atoms with van der Waals surface area (Å²) in [6.07, 6.45) is 4.90. The van der Waals surface area contributed by atoms with Gasteiger partial charge in [0.2, 0.25) is 5.82 Å². The first-order chi connectivity index (χ1) is 13.1. The third-order valence-corrected chi connectivity index (χ3v) is 5.43. The molecule has 1 unspecified atom stereocenters. The van der Waals surface area contributed by atoms with E-state index in [4.69, 9.17) is 33.5 Å². The summed E-state index contributed by atoms with van der Waals surface area (Å²) < 4.78 is 7.29. The third-order valence-electron chi connectivity index (χ3n) is 4.93. The molecule has 136 valence electrons. The summed E-state index contributed by atoms with van der Waals surface area (Å²) in [5, 5.41) is 4.98. The zero-order chi connectivity index (χ0) is 18.5. The quantitative estimate of drug-likeness (QED) is 0.528. The van der Waals surface area contributed by atoms with Gasteiger partial charge < -0.3 is 10.3 Å². The van der Waals surface area contributed by atoms with Crippen molar-refractivity contribution in [2.45, 2.75) is 25.3 Å². The van der Waals surface area contributed by atoms with E-state index in [1.54, 1.807) is 22.7 Å². The van der Waals surface area contributed by atoms with Gasteiger partial charge in [-0.25, -0.2) is 4.98 Å². The number of pyridine rings is 1. The van der Waals surface area contributed by atoms with Crippen LogP contribution in [-0.4, -0.2) is 19.5 Å². The molecule has 1 aromatic carbocycles. The fourth-order valence-electron chi connectivity index (χ4n) is 3.61. The van der Waals surface area contributed by atoms with Gasteiger partial charge in [-0.05, 0) is 48.6 Å². The molecule has 0 bridgehead atoms. The van der Waals surface area contributed by atoms with Crippen molar-refractivity contribution in [3.63, 3.8) is 0 Å². The lowest BCUT2D eigenvalue weighted by Crippen LogP contribution is -2.17. The number of halogens is 2. The number of benzene rings is 1. The van der Waals surface area contributed by atoms with Crippen LogP contribution in [0.15, 0.2) is 41.1 Å². The number of aromatic nitrogens is 4. The number of aryl methyl sites for hydroxylation is 1. The van der Waals surface area contributed by atoms with Crippen molar-refractivity contribution in [2.24, 2.45) is 5.73 Å². The molecule has 0 radical (unpaired) electrons. The van der Waals surface area contributed by atoms with Crippen molar-refractivity contribution < 1.29 is 4.52 Å². The van der Waals surface area contributed by atoms with Crippen molar-refractivity contribution in [3.8, 4) is 23.0 Å². The highest BCUT2D eigenvalue weighted by Gasteiger charge is 2.21. The fourth-order valence-corrected chi connectivity index (χ4v) is 4.03. The van der Waals surface area contributed by atoms with Crippen LogP contribution in [0.2, 0.25) is 10.2 Å². The summed E-state index contributed by atoms with van der Waals surface area (Å²) in [7, 11) is 0. The number of imidazole rings is 1. The van der Waals surface area contributed by atoms with Gasteiger partial charge in [-0.1, -0.05) is 34.4 Å². The van der Waals surface area contributed by atoms with Gasteiger partial charge in [-0.3, -0.25) is 4.40 Å². The molecule has 0 spiro atoms. The highest BCUT2D eigenvalue weighted by molar-refractivity contribution is 6.32. The first kappa shape index (κ1) is 16.7. The Kier molecular flexibility index (Phi) is 3.93. The molecule has 2 N–H and O–H groups in total. The minimum atomic E-state index is 0.102. The van der Waals surface area contributed by atoms with Crippen molar-refractivity contribution in [1.82, 2.24) is 19.5 Å². The number of nitrogens with zero attached hydrogens (tertiary/aromatic N) is 4. The Morgan fingerprint density at radius 3 is 2.93 bits per heavy atom. The second kappa shape index (κ2) is 6.34.